The summed E-state index contributed by atoms with van der Waals surface area (Å²) in [5.74, 6) is 0.678. The Morgan fingerprint density at radius 2 is 1.92 bits per heavy atom. The van der Waals surface area contributed by atoms with Crippen molar-refractivity contribution < 1.29 is 0 Å². The average molecular weight is 168 g/mol. The molecule has 70 valence electrons. The molecule has 0 spiro atoms. The van der Waals surface area contributed by atoms with E-state index in [0.29, 0.717) is 5.92 Å². The van der Waals surface area contributed by atoms with E-state index in [9.17, 15) is 0 Å². The predicted molar refractivity (Wildman–Crippen MR) is 51.8 cm³/mol. The lowest BCUT2D eigenvalue weighted by atomic mass is 9.92. The fourth-order valence-corrected chi connectivity index (χ4v) is 0.949. The van der Waals surface area contributed by atoms with Crippen molar-refractivity contribution in [2.24, 2.45) is 5.92 Å². The van der Waals surface area contributed by atoms with E-state index in [-0.39, 0.29) is 5.54 Å². The summed E-state index contributed by atoms with van der Waals surface area (Å²) in [4.78, 5) is 2.00. The average Bonchev–Trinajstić information content (AvgIpc) is 1.99. The molecular weight excluding hydrogens is 148 g/mol. The van der Waals surface area contributed by atoms with Crippen molar-refractivity contribution >= 4 is 0 Å². The van der Waals surface area contributed by atoms with E-state index in [4.69, 9.17) is 5.26 Å². The van der Waals surface area contributed by atoms with Crippen molar-refractivity contribution in [1.82, 2.24) is 4.90 Å². The molecule has 0 aromatic heterocycles. The molecule has 0 saturated carbocycles. The summed E-state index contributed by atoms with van der Waals surface area (Å²) in [6, 6.07) is 2.36. The zero-order valence-electron chi connectivity index (χ0n) is 8.89. The summed E-state index contributed by atoms with van der Waals surface area (Å²) in [5, 5.41) is 8.98. The summed E-state index contributed by atoms with van der Waals surface area (Å²) < 4.78 is 0. The monoisotopic (exact) mass is 168 g/mol. The summed E-state index contributed by atoms with van der Waals surface area (Å²) >= 11 is 0. The number of hydrogen-bond donors (Lipinski definition) is 0. The predicted octanol–water partition coefficient (Wildman–Crippen LogP) is 2.27. The van der Waals surface area contributed by atoms with Crippen LogP contribution in [0.5, 0.6) is 0 Å². The van der Waals surface area contributed by atoms with Gasteiger partial charge in [0, 0.05) is 0 Å². The molecule has 2 nitrogen and oxygen atoms in total. The summed E-state index contributed by atoms with van der Waals surface area (Å²) in [6.45, 7) is 6.37. The Morgan fingerprint density at radius 1 is 1.42 bits per heavy atom. The topological polar surface area (TPSA) is 27.0 Å². The van der Waals surface area contributed by atoms with Crippen LogP contribution in [0.1, 0.15) is 33.6 Å². The Bertz CT molecular complexity index is 167. The largest absolute Gasteiger partial charge is 0.292 e. The third kappa shape index (κ3) is 3.23. The molecule has 0 radical (unpaired) electrons. The van der Waals surface area contributed by atoms with Gasteiger partial charge in [0.15, 0.2) is 0 Å². The van der Waals surface area contributed by atoms with Crippen molar-refractivity contribution in [1.29, 1.82) is 5.26 Å². The summed E-state index contributed by atoms with van der Waals surface area (Å²) in [7, 11) is 3.92. The maximum Gasteiger partial charge on any atom is 0.105 e. The first-order valence-corrected chi connectivity index (χ1v) is 4.51. The van der Waals surface area contributed by atoms with E-state index in [1.165, 1.54) is 0 Å². The lowest BCUT2D eigenvalue weighted by molar-refractivity contribution is 0.212. The second-order valence-electron chi connectivity index (χ2n) is 4.21. The molecule has 0 aromatic carbocycles. The summed E-state index contributed by atoms with van der Waals surface area (Å²) in [6.07, 6.45) is 2.07. The molecule has 0 N–H and O–H groups in total. The van der Waals surface area contributed by atoms with E-state index in [2.05, 4.69) is 19.9 Å². The molecular formula is C10H20N2. The van der Waals surface area contributed by atoms with Gasteiger partial charge >= 0.3 is 0 Å². The first-order chi connectivity index (χ1) is 5.42. The molecule has 1 atom stereocenters. The number of hydrogen-bond acceptors (Lipinski definition) is 2. The summed E-state index contributed by atoms with van der Waals surface area (Å²) in [5.41, 5.74) is -0.287. The number of nitriles is 1. The number of nitrogens with zero attached hydrogens (tertiary/aromatic N) is 2. The maximum atomic E-state index is 8.98. The lowest BCUT2D eigenvalue weighted by Crippen LogP contribution is -2.39. The molecule has 0 heterocycles. The van der Waals surface area contributed by atoms with Gasteiger partial charge in [0.05, 0.1) is 6.07 Å². The number of rotatable bonds is 4. The van der Waals surface area contributed by atoms with Gasteiger partial charge in [-0.25, -0.2) is 0 Å². The highest BCUT2D eigenvalue weighted by Crippen LogP contribution is 2.20. The van der Waals surface area contributed by atoms with Gasteiger partial charge < -0.3 is 0 Å². The van der Waals surface area contributed by atoms with Crippen LogP contribution in [0, 0.1) is 17.2 Å². The Morgan fingerprint density at radius 3 is 2.17 bits per heavy atom. The van der Waals surface area contributed by atoms with Gasteiger partial charge in [0.1, 0.15) is 5.54 Å². The first kappa shape index (κ1) is 11.4. The third-order valence-electron chi connectivity index (χ3n) is 2.44. The fraction of sp³-hybridized carbons (Fsp3) is 0.900. The van der Waals surface area contributed by atoms with Gasteiger partial charge in [0.2, 0.25) is 0 Å². The van der Waals surface area contributed by atoms with E-state index >= 15 is 0 Å². The molecule has 0 saturated heterocycles. The smallest absolute Gasteiger partial charge is 0.105 e. The molecule has 0 amide bonds. The second kappa shape index (κ2) is 4.47. The zero-order valence-corrected chi connectivity index (χ0v) is 8.89. The lowest BCUT2D eigenvalue weighted by Gasteiger charge is -2.29. The van der Waals surface area contributed by atoms with Crippen LogP contribution in [0.3, 0.4) is 0 Å². The minimum Gasteiger partial charge on any atom is -0.292 e. The van der Waals surface area contributed by atoms with Gasteiger partial charge in [-0.1, -0.05) is 13.8 Å². The molecule has 0 aliphatic carbocycles. The van der Waals surface area contributed by atoms with Crippen LogP contribution in [0.25, 0.3) is 0 Å². The standard InChI is InChI=1S/C10H20N2/c1-9(2)6-7-10(3,8-11)12(4)5/h9H,6-7H2,1-5H3. The van der Waals surface area contributed by atoms with E-state index < -0.39 is 0 Å². The minimum atomic E-state index is -0.287. The van der Waals surface area contributed by atoms with E-state index in [0.717, 1.165) is 12.8 Å². The molecule has 0 aromatic rings. The van der Waals surface area contributed by atoms with Crippen molar-refractivity contribution in [3.05, 3.63) is 0 Å². The van der Waals surface area contributed by atoms with Crippen LogP contribution in [0.4, 0.5) is 0 Å². The van der Waals surface area contributed by atoms with Gasteiger partial charge in [-0.15, -0.1) is 0 Å². The SMILES string of the molecule is CC(C)CCC(C)(C#N)N(C)C. The van der Waals surface area contributed by atoms with Crippen molar-refractivity contribution in [2.75, 3.05) is 14.1 Å². The molecule has 1 unspecified atom stereocenters. The van der Waals surface area contributed by atoms with Crippen LogP contribution in [0.15, 0.2) is 0 Å². The third-order valence-corrected chi connectivity index (χ3v) is 2.44. The molecule has 0 bridgehead atoms. The van der Waals surface area contributed by atoms with Gasteiger partial charge in [-0.2, -0.15) is 5.26 Å². The molecule has 0 aliphatic rings. The molecule has 0 aliphatic heterocycles. The van der Waals surface area contributed by atoms with Crippen LogP contribution in [0.2, 0.25) is 0 Å². The van der Waals surface area contributed by atoms with Crippen molar-refractivity contribution in [3.8, 4) is 6.07 Å². The Balaban J connectivity index is 4.09. The maximum absolute atomic E-state index is 8.98. The van der Waals surface area contributed by atoms with Gasteiger partial charge in [0.25, 0.3) is 0 Å². The Kier molecular flexibility index (Phi) is 4.26. The normalized spacial score (nSPS) is 16.2. The Hall–Kier alpha value is -0.550. The Labute approximate surface area is 76.2 Å². The quantitative estimate of drug-likeness (QED) is 0.644. The van der Waals surface area contributed by atoms with Gasteiger partial charge in [-0.05, 0) is 39.8 Å². The van der Waals surface area contributed by atoms with Crippen molar-refractivity contribution in [3.63, 3.8) is 0 Å². The fourth-order valence-electron chi connectivity index (χ4n) is 0.949. The highest BCUT2D eigenvalue weighted by atomic mass is 15.1. The van der Waals surface area contributed by atoms with Crippen LogP contribution >= 0.6 is 0 Å². The van der Waals surface area contributed by atoms with Crippen LogP contribution in [-0.4, -0.2) is 24.5 Å². The van der Waals surface area contributed by atoms with Crippen LogP contribution < -0.4 is 0 Å². The first-order valence-electron chi connectivity index (χ1n) is 4.51. The molecule has 0 rings (SSSR count). The van der Waals surface area contributed by atoms with Crippen LogP contribution in [-0.2, 0) is 0 Å². The molecule has 12 heavy (non-hydrogen) atoms. The zero-order chi connectivity index (χ0) is 9.78. The van der Waals surface area contributed by atoms with E-state index in [1.54, 1.807) is 0 Å². The van der Waals surface area contributed by atoms with E-state index in [1.807, 2.05) is 25.9 Å². The second-order valence-corrected chi connectivity index (χ2v) is 4.21. The minimum absolute atomic E-state index is 0.287. The molecule has 0 fully saturated rings. The highest BCUT2D eigenvalue weighted by Gasteiger charge is 2.25. The van der Waals surface area contributed by atoms with Gasteiger partial charge in [-0.3, -0.25) is 4.90 Å². The molecule has 2 heteroatoms. The highest BCUT2D eigenvalue weighted by molar-refractivity contribution is 5.03. The van der Waals surface area contributed by atoms with Crippen molar-refractivity contribution in [2.45, 2.75) is 39.2 Å².